The summed E-state index contributed by atoms with van der Waals surface area (Å²) in [5.41, 5.74) is 0.853. The van der Waals surface area contributed by atoms with Crippen LogP contribution >= 0.6 is 27.7 Å². The number of halogens is 1. The Hall–Kier alpha value is -1.47. The highest BCUT2D eigenvalue weighted by atomic mass is 79.9. The zero-order valence-electron chi connectivity index (χ0n) is 13.7. The van der Waals surface area contributed by atoms with Crippen molar-refractivity contribution >= 4 is 44.8 Å². The van der Waals surface area contributed by atoms with Gasteiger partial charge in [-0.05, 0) is 65.3 Å². The van der Waals surface area contributed by atoms with Crippen LogP contribution in [0.15, 0.2) is 26.5 Å². The number of likely N-dealkylation sites (N-methyl/N-ethyl adjacent to an activating group) is 1. The third-order valence-electron chi connectivity index (χ3n) is 3.10. The number of hydrogen-bond acceptors (Lipinski definition) is 5. The van der Waals surface area contributed by atoms with E-state index < -0.39 is 0 Å². The quantitative estimate of drug-likeness (QED) is 0.724. The van der Waals surface area contributed by atoms with Crippen molar-refractivity contribution in [1.82, 2.24) is 4.90 Å². The number of carbonyl (C=O) groups is 1. The van der Waals surface area contributed by atoms with Crippen molar-refractivity contribution in [2.45, 2.75) is 20.0 Å². The molecule has 7 heteroatoms. The summed E-state index contributed by atoms with van der Waals surface area (Å²) in [7, 11) is 4.98. The van der Waals surface area contributed by atoms with Gasteiger partial charge in [0, 0.05) is 14.1 Å². The van der Waals surface area contributed by atoms with E-state index in [1.54, 1.807) is 26.1 Å². The van der Waals surface area contributed by atoms with Crippen LogP contribution < -0.4 is 9.47 Å². The summed E-state index contributed by atoms with van der Waals surface area (Å²) >= 11 is 4.87. The number of ether oxygens (including phenoxy) is 2. The van der Waals surface area contributed by atoms with Crippen LogP contribution in [0.5, 0.6) is 11.5 Å². The molecule has 0 N–H and O–H groups in total. The summed E-state index contributed by atoms with van der Waals surface area (Å²) < 4.78 is 12.0. The van der Waals surface area contributed by atoms with Crippen LogP contribution in [0.1, 0.15) is 19.4 Å². The molecule has 2 rings (SSSR count). The number of amides is 1. The van der Waals surface area contributed by atoms with Crippen molar-refractivity contribution in [2.24, 2.45) is 4.99 Å². The Morgan fingerprint density at radius 3 is 2.61 bits per heavy atom. The van der Waals surface area contributed by atoms with Crippen LogP contribution in [0.2, 0.25) is 0 Å². The Kier molecular flexibility index (Phi) is 5.75. The molecular weight excluding hydrogens is 380 g/mol. The molecule has 5 nitrogen and oxygen atoms in total. The normalized spacial score (nSPS) is 18.4. The van der Waals surface area contributed by atoms with Crippen LogP contribution in [-0.4, -0.2) is 43.3 Å². The minimum atomic E-state index is -0.0619. The Morgan fingerprint density at radius 1 is 1.39 bits per heavy atom. The molecule has 0 unspecified atom stereocenters. The number of benzene rings is 1. The zero-order chi connectivity index (χ0) is 17.1. The highest BCUT2D eigenvalue weighted by Crippen LogP contribution is 2.39. The number of nitrogens with zero attached hydrogens (tertiary/aromatic N) is 2. The molecule has 0 bridgehead atoms. The topological polar surface area (TPSA) is 51.1 Å². The maximum atomic E-state index is 12.2. The van der Waals surface area contributed by atoms with Crippen LogP contribution in [-0.2, 0) is 4.79 Å². The summed E-state index contributed by atoms with van der Waals surface area (Å²) in [5.74, 6) is 1.21. The van der Waals surface area contributed by atoms with E-state index in [4.69, 9.17) is 9.47 Å². The van der Waals surface area contributed by atoms with E-state index >= 15 is 0 Å². The molecule has 1 aliphatic rings. The predicted octanol–water partition coefficient (Wildman–Crippen LogP) is 3.78. The lowest BCUT2D eigenvalue weighted by Gasteiger charge is -2.16. The van der Waals surface area contributed by atoms with Crippen LogP contribution in [0.4, 0.5) is 0 Å². The maximum absolute atomic E-state index is 12.2. The molecule has 1 aromatic rings. The van der Waals surface area contributed by atoms with Gasteiger partial charge in [0.1, 0.15) is 0 Å². The van der Waals surface area contributed by atoms with E-state index in [0.29, 0.717) is 21.6 Å². The Labute approximate surface area is 148 Å². The van der Waals surface area contributed by atoms with E-state index in [1.165, 1.54) is 11.8 Å². The number of amidine groups is 1. The number of rotatable bonds is 4. The average Bonchev–Trinajstić information content (AvgIpc) is 2.77. The Balaban J connectivity index is 2.40. The minimum absolute atomic E-state index is 0.0355. The van der Waals surface area contributed by atoms with Crippen molar-refractivity contribution in [3.05, 3.63) is 27.1 Å². The second-order valence-corrected chi connectivity index (χ2v) is 7.05. The molecule has 1 aromatic carbocycles. The summed E-state index contributed by atoms with van der Waals surface area (Å²) in [6.07, 6.45) is 1.86. The van der Waals surface area contributed by atoms with Gasteiger partial charge in [0.2, 0.25) is 0 Å². The van der Waals surface area contributed by atoms with Crippen LogP contribution in [0.25, 0.3) is 6.08 Å². The first-order chi connectivity index (χ1) is 10.9. The molecule has 1 amide bonds. The molecule has 124 valence electrons. The highest BCUT2D eigenvalue weighted by Gasteiger charge is 2.29. The number of thioether (sulfide) groups is 1. The molecule has 0 aliphatic carbocycles. The fraction of sp³-hybridized carbons (Fsp3) is 0.375. The van der Waals surface area contributed by atoms with Gasteiger partial charge in [-0.15, -0.1) is 0 Å². The van der Waals surface area contributed by atoms with Gasteiger partial charge in [0.05, 0.1) is 22.6 Å². The summed E-state index contributed by atoms with van der Waals surface area (Å²) in [6, 6.07) is 3.76. The lowest BCUT2D eigenvalue weighted by molar-refractivity contribution is -0.121. The second kappa shape index (κ2) is 7.40. The number of carbonyl (C=O) groups excluding carboxylic acids is 1. The SMILES string of the molecule is CN=C1S/C(=C\c2cc(Br)c(OC(C)C)c(OC)c2)C(=O)N1C. The third kappa shape index (κ3) is 3.90. The van der Waals surface area contributed by atoms with Crippen LogP contribution in [0.3, 0.4) is 0 Å². The summed E-state index contributed by atoms with van der Waals surface area (Å²) in [5, 5.41) is 0.687. The van der Waals surface area contributed by atoms with Gasteiger partial charge < -0.3 is 9.47 Å². The van der Waals surface area contributed by atoms with E-state index in [1.807, 2.05) is 32.1 Å². The third-order valence-corrected chi connectivity index (χ3v) is 4.84. The van der Waals surface area contributed by atoms with Gasteiger partial charge in [0.15, 0.2) is 16.7 Å². The van der Waals surface area contributed by atoms with Crippen molar-refractivity contribution in [3.63, 3.8) is 0 Å². The summed E-state index contributed by atoms with van der Waals surface area (Å²) in [4.78, 5) is 18.5. The van der Waals surface area contributed by atoms with Crippen LogP contribution in [0, 0.1) is 0 Å². The average molecular weight is 399 g/mol. The maximum Gasteiger partial charge on any atom is 0.266 e. The smallest absolute Gasteiger partial charge is 0.266 e. The van der Waals surface area contributed by atoms with Crippen molar-refractivity contribution in [3.8, 4) is 11.5 Å². The van der Waals surface area contributed by atoms with Gasteiger partial charge in [-0.3, -0.25) is 14.7 Å². The largest absolute Gasteiger partial charge is 0.493 e. The molecule has 0 radical (unpaired) electrons. The minimum Gasteiger partial charge on any atom is -0.493 e. The van der Waals surface area contributed by atoms with E-state index in [-0.39, 0.29) is 12.0 Å². The standard InChI is InChI=1S/C16H19BrN2O3S/c1-9(2)22-14-11(17)6-10(7-12(14)21-5)8-13-15(20)19(4)16(18-3)23-13/h6-9H,1-5H3/b13-8-,18-16?. The molecule has 1 heterocycles. The van der Waals surface area contributed by atoms with Gasteiger partial charge >= 0.3 is 0 Å². The van der Waals surface area contributed by atoms with E-state index in [0.717, 1.165) is 10.0 Å². The van der Waals surface area contributed by atoms with E-state index in [9.17, 15) is 4.79 Å². The molecule has 0 atom stereocenters. The van der Waals surface area contributed by atoms with Crippen molar-refractivity contribution in [2.75, 3.05) is 21.2 Å². The first kappa shape index (κ1) is 17.9. The predicted molar refractivity (Wildman–Crippen MR) is 98.2 cm³/mol. The molecule has 1 aliphatic heterocycles. The molecule has 23 heavy (non-hydrogen) atoms. The van der Waals surface area contributed by atoms with Crippen molar-refractivity contribution in [1.29, 1.82) is 0 Å². The fourth-order valence-corrected chi connectivity index (χ4v) is 3.55. The monoisotopic (exact) mass is 398 g/mol. The van der Waals surface area contributed by atoms with Gasteiger partial charge in [-0.25, -0.2) is 0 Å². The number of hydrogen-bond donors (Lipinski definition) is 0. The van der Waals surface area contributed by atoms with Gasteiger partial charge in [0.25, 0.3) is 5.91 Å². The summed E-state index contributed by atoms with van der Waals surface area (Å²) in [6.45, 7) is 3.91. The molecular formula is C16H19BrN2O3S. The number of methoxy groups -OCH3 is 1. The molecule has 0 aromatic heterocycles. The Bertz CT molecular complexity index is 686. The fourth-order valence-electron chi connectivity index (χ4n) is 2.07. The Morgan fingerprint density at radius 2 is 2.09 bits per heavy atom. The zero-order valence-corrected chi connectivity index (χ0v) is 16.1. The highest BCUT2D eigenvalue weighted by molar-refractivity contribution is 9.10. The first-order valence-corrected chi connectivity index (χ1v) is 8.67. The molecule has 0 spiro atoms. The first-order valence-electron chi connectivity index (χ1n) is 7.06. The lowest BCUT2D eigenvalue weighted by atomic mass is 10.2. The van der Waals surface area contributed by atoms with Crippen molar-refractivity contribution < 1.29 is 14.3 Å². The lowest BCUT2D eigenvalue weighted by Crippen LogP contribution is -2.23. The number of aliphatic imine (C=N–C) groups is 1. The van der Waals surface area contributed by atoms with Gasteiger partial charge in [-0.1, -0.05) is 0 Å². The molecule has 1 saturated heterocycles. The van der Waals surface area contributed by atoms with E-state index in [2.05, 4.69) is 20.9 Å². The van der Waals surface area contributed by atoms with Gasteiger partial charge in [-0.2, -0.15) is 0 Å². The second-order valence-electron chi connectivity index (χ2n) is 5.18. The molecule has 1 fully saturated rings. The molecule has 0 saturated carbocycles.